The Kier molecular flexibility index (Phi) is 2.36. The van der Waals surface area contributed by atoms with Gasteiger partial charge in [-0.15, -0.1) is 0 Å². The van der Waals surface area contributed by atoms with E-state index in [9.17, 15) is 5.11 Å². The second-order valence-electron chi connectivity index (χ2n) is 5.15. The summed E-state index contributed by atoms with van der Waals surface area (Å²) in [5.41, 5.74) is 3.76. The van der Waals surface area contributed by atoms with E-state index >= 15 is 0 Å². The summed E-state index contributed by atoms with van der Waals surface area (Å²) in [5, 5.41) is 10.2. The predicted octanol–water partition coefficient (Wildman–Crippen LogP) is 3.56. The van der Waals surface area contributed by atoms with Gasteiger partial charge in [-0.25, -0.2) is 0 Å². The van der Waals surface area contributed by atoms with E-state index in [1.165, 1.54) is 30.4 Å². The van der Waals surface area contributed by atoms with Crippen molar-refractivity contribution in [1.29, 1.82) is 0 Å². The second-order valence-corrected chi connectivity index (χ2v) is 5.15. The van der Waals surface area contributed by atoms with Crippen molar-refractivity contribution < 1.29 is 5.11 Å². The average Bonchev–Trinajstić information content (AvgIpc) is 2.74. The van der Waals surface area contributed by atoms with Gasteiger partial charge in [-0.05, 0) is 42.2 Å². The quantitative estimate of drug-likeness (QED) is 0.655. The maximum absolute atomic E-state index is 10.2. The number of aliphatic hydroxyl groups is 1. The van der Waals surface area contributed by atoms with Crippen LogP contribution in [-0.4, -0.2) is 5.11 Å². The Hall–Kier alpha value is -1.08. The first-order valence-corrected chi connectivity index (χ1v) is 6.22. The minimum atomic E-state index is -0.339. The van der Waals surface area contributed by atoms with Crippen LogP contribution in [0.1, 0.15) is 48.8 Å². The Labute approximate surface area is 96.8 Å². The van der Waals surface area contributed by atoms with Crippen LogP contribution in [0.15, 0.2) is 36.4 Å². The highest BCUT2D eigenvalue weighted by molar-refractivity contribution is 5.38. The molecule has 1 saturated carbocycles. The molecule has 0 bridgehead atoms. The van der Waals surface area contributed by atoms with Crippen molar-refractivity contribution in [1.82, 2.24) is 0 Å². The van der Waals surface area contributed by atoms with E-state index in [-0.39, 0.29) is 6.10 Å². The SMILES string of the molecule is C=C1C[C@@H](O)c2ccccc2[C@H]2CCC[C@H]12. The molecule has 0 heterocycles. The average molecular weight is 214 g/mol. The molecule has 0 aliphatic heterocycles. The van der Waals surface area contributed by atoms with Crippen LogP contribution in [0.2, 0.25) is 0 Å². The van der Waals surface area contributed by atoms with E-state index in [0.717, 1.165) is 12.0 Å². The number of aliphatic hydroxyl groups excluding tert-OH is 1. The molecule has 1 aromatic carbocycles. The zero-order valence-electron chi connectivity index (χ0n) is 9.52. The smallest absolute Gasteiger partial charge is 0.0829 e. The van der Waals surface area contributed by atoms with E-state index in [4.69, 9.17) is 0 Å². The fourth-order valence-electron chi connectivity index (χ4n) is 3.48. The summed E-state index contributed by atoms with van der Waals surface area (Å²) >= 11 is 0. The van der Waals surface area contributed by atoms with Gasteiger partial charge in [-0.1, -0.05) is 42.8 Å². The molecule has 3 atom stereocenters. The molecule has 2 aliphatic rings. The zero-order chi connectivity index (χ0) is 11.1. The van der Waals surface area contributed by atoms with Gasteiger partial charge < -0.3 is 5.11 Å². The van der Waals surface area contributed by atoms with Crippen LogP contribution in [0.3, 0.4) is 0 Å². The molecule has 0 unspecified atom stereocenters. The van der Waals surface area contributed by atoms with E-state index < -0.39 is 0 Å². The summed E-state index contributed by atoms with van der Waals surface area (Å²) < 4.78 is 0. The Bertz CT molecular complexity index is 421. The van der Waals surface area contributed by atoms with Crippen molar-refractivity contribution >= 4 is 0 Å². The van der Waals surface area contributed by atoms with E-state index in [2.05, 4.69) is 24.8 Å². The topological polar surface area (TPSA) is 20.2 Å². The van der Waals surface area contributed by atoms with Crippen molar-refractivity contribution in [3.05, 3.63) is 47.5 Å². The lowest BCUT2D eigenvalue weighted by molar-refractivity contribution is 0.177. The molecule has 1 fully saturated rings. The van der Waals surface area contributed by atoms with E-state index in [0.29, 0.717) is 11.8 Å². The lowest BCUT2D eigenvalue weighted by Gasteiger charge is -2.19. The summed E-state index contributed by atoms with van der Waals surface area (Å²) in [6, 6.07) is 8.39. The molecule has 1 nitrogen and oxygen atoms in total. The molecule has 16 heavy (non-hydrogen) atoms. The summed E-state index contributed by atoms with van der Waals surface area (Å²) in [5.74, 6) is 1.22. The second kappa shape index (κ2) is 3.74. The summed E-state index contributed by atoms with van der Waals surface area (Å²) in [4.78, 5) is 0. The number of hydrogen-bond donors (Lipinski definition) is 1. The van der Waals surface area contributed by atoms with Gasteiger partial charge in [0.1, 0.15) is 0 Å². The van der Waals surface area contributed by atoms with E-state index in [1.807, 2.05) is 6.07 Å². The maximum atomic E-state index is 10.2. The van der Waals surface area contributed by atoms with Crippen LogP contribution >= 0.6 is 0 Å². The molecule has 84 valence electrons. The van der Waals surface area contributed by atoms with Gasteiger partial charge in [-0.2, -0.15) is 0 Å². The molecule has 0 radical (unpaired) electrons. The third kappa shape index (κ3) is 1.42. The molecule has 0 aromatic heterocycles. The molecule has 0 saturated heterocycles. The molecular formula is C15H18O. The fourth-order valence-corrected chi connectivity index (χ4v) is 3.48. The predicted molar refractivity (Wildman–Crippen MR) is 65.2 cm³/mol. The maximum Gasteiger partial charge on any atom is 0.0829 e. The number of fused-ring (bicyclic) bond motifs is 3. The summed E-state index contributed by atoms with van der Waals surface area (Å²) in [7, 11) is 0. The fraction of sp³-hybridized carbons (Fsp3) is 0.467. The Morgan fingerprint density at radius 2 is 1.75 bits per heavy atom. The minimum absolute atomic E-state index is 0.339. The third-order valence-electron chi connectivity index (χ3n) is 4.25. The highest BCUT2D eigenvalue weighted by Crippen LogP contribution is 2.49. The Morgan fingerprint density at radius 1 is 1.06 bits per heavy atom. The molecule has 1 aromatic rings. The van der Waals surface area contributed by atoms with Crippen molar-refractivity contribution in [2.45, 2.75) is 37.7 Å². The van der Waals surface area contributed by atoms with Crippen LogP contribution in [0.5, 0.6) is 0 Å². The van der Waals surface area contributed by atoms with Crippen LogP contribution < -0.4 is 0 Å². The van der Waals surface area contributed by atoms with Gasteiger partial charge in [-0.3, -0.25) is 0 Å². The molecule has 1 N–H and O–H groups in total. The normalized spacial score (nSPS) is 33.1. The molecule has 0 amide bonds. The molecule has 3 rings (SSSR count). The van der Waals surface area contributed by atoms with Gasteiger partial charge in [0.15, 0.2) is 0 Å². The first-order valence-electron chi connectivity index (χ1n) is 6.22. The Balaban J connectivity index is 2.12. The summed E-state index contributed by atoms with van der Waals surface area (Å²) in [6.45, 7) is 4.19. The zero-order valence-corrected chi connectivity index (χ0v) is 9.52. The molecular weight excluding hydrogens is 196 g/mol. The first-order chi connectivity index (χ1) is 7.77. The van der Waals surface area contributed by atoms with Crippen molar-refractivity contribution in [3.8, 4) is 0 Å². The van der Waals surface area contributed by atoms with Gasteiger partial charge in [0.2, 0.25) is 0 Å². The highest BCUT2D eigenvalue weighted by Gasteiger charge is 2.35. The Morgan fingerprint density at radius 3 is 2.56 bits per heavy atom. The molecule has 0 spiro atoms. The van der Waals surface area contributed by atoms with E-state index in [1.54, 1.807) is 0 Å². The number of rotatable bonds is 0. The standard InChI is InChI=1S/C15H18O/c1-10-9-15(16)14-6-3-2-5-13(14)12-8-4-7-11(10)12/h2-3,5-6,11-12,15-16H,1,4,7-9H2/t11-,12+,15-/m1/s1. The van der Waals surface area contributed by atoms with Gasteiger partial charge in [0.25, 0.3) is 0 Å². The van der Waals surface area contributed by atoms with Crippen LogP contribution in [0, 0.1) is 5.92 Å². The molecule has 2 aliphatic carbocycles. The third-order valence-corrected chi connectivity index (χ3v) is 4.25. The highest BCUT2D eigenvalue weighted by atomic mass is 16.3. The minimum Gasteiger partial charge on any atom is -0.388 e. The monoisotopic (exact) mass is 214 g/mol. The van der Waals surface area contributed by atoms with Gasteiger partial charge in [0, 0.05) is 0 Å². The molecule has 1 heteroatoms. The van der Waals surface area contributed by atoms with Crippen LogP contribution in [-0.2, 0) is 0 Å². The van der Waals surface area contributed by atoms with Gasteiger partial charge in [0.05, 0.1) is 6.10 Å². The van der Waals surface area contributed by atoms with Crippen molar-refractivity contribution in [3.63, 3.8) is 0 Å². The summed E-state index contributed by atoms with van der Waals surface area (Å²) in [6.07, 6.45) is 4.23. The lowest BCUT2D eigenvalue weighted by atomic mass is 9.85. The first kappa shape index (κ1) is 10.1. The van der Waals surface area contributed by atoms with Crippen molar-refractivity contribution in [2.24, 2.45) is 5.92 Å². The van der Waals surface area contributed by atoms with Gasteiger partial charge >= 0.3 is 0 Å². The lowest BCUT2D eigenvalue weighted by Crippen LogP contribution is -2.06. The van der Waals surface area contributed by atoms with Crippen molar-refractivity contribution in [2.75, 3.05) is 0 Å². The van der Waals surface area contributed by atoms with Crippen LogP contribution in [0.4, 0.5) is 0 Å². The number of benzene rings is 1. The van der Waals surface area contributed by atoms with Crippen LogP contribution in [0.25, 0.3) is 0 Å². The number of hydrogen-bond acceptors (Lipinski definition) is 1. The largest absolute Gasteiger partial charge is 0.388 e.